The van der Waals surface area contributed by atoms with Gasteiger partial charge in [0, 0.05) is 18.9 Å². The van der Waals surface area contributed by atoms with Crippen molar-refractivity contribution in [1.82, 2.24) is 5.32 Å². The van der Waals surface area contributed by atoms with Crippen LogP contribution in [0.15, 0.2) is 0 Å². The van der Waals surface area contributed by atoms with Crippen LogP contribution < -0.4 is 5.32 Å². The summed E-state index contributed by atoms with van der Waals surface area (Å²) in [7, 11) is 0. The lowest BCUT2D eigenvalue weighted by Gasteiger charge is -2.07. The van der Waals surface area contributed by atoms with Crippen LogP contribution in [0.4, 0.5) is 0 Å². The number of carboxylic acids is 1. The smallest absolute Gasteiger partial charge is 0.303 e. The van der Waals surface area contributed by atoms with Crippen LogP contribution in [-0.2, 0) is 9.59 Å². The quantitative estimate of drug-likeness (QED) is 0.625. The first-order valence-corrected chi connectivity index (χ1v) is 4.69. The Kier molecular flexibility index (Phi) is 3.73. The molecular weight excluding hydrogens is 170 g/mol. The Labute approximate surface area is 77.3 Å². The van der Waals surface area contributed by atoms with Crippen molar-refractivity contribution in [2.24, 2.45) is 0 Å². The Morgan fingerprint density at radius 3 is 2.85 bits per heavy atom. The van der Waals surface area contributed by atoms with E-state index in [0.29, 0.717) is 18.9 Å². The van der Waals surface area contributed by atoms with E-state index in [9.17, 15) is 9.59 Å². The van der Waals surface area contributed by atoms with Crippen molar-refractivity contribution in [3.05, 3.63) is 0 Å². The van der Waals surface area contributed by atoms with Gasteiger partial charge in [-0.05, 0) is 19.3 Å². The number of hydrogen-bond donors (Lipinski definition) is 2. The van der Waals surface area contributed by atoms with E-state index in [1.54, 1.807) is 0 Å². The van der Waals surface area contributed by atoms with E-state index < -0.39 is 5.97 Å². The Morgan fingerprint density at radius 2 is 2.31 bits per heavy atom. The number of carbonyl (C=O) groups is 2. The first-order valence-electron chi connectivity index (χ1n) is 4.69. The molecule has 1 fully saturated rings. The first kappa shape index (κ1) is 10.0. The standard InChI is InChI=1S/C9H15NO3/c11-8-6-5-7(10-8)3-1-2-4-9(12)13/h7H,1-6H2,(H,10,11)(H,12,13). The number of carboxylic acid groups (broad SMARTS) is 1. The summed E-state index contributed by atoms with van der Waals surface area (Å²) < 4.78 is 0. The van der Waals surface area contributed by atoms with Gasteiger partial charge in [-0.3, -0.25) is 9.59 Å². The van der Waals surface area contributed by atoms with Crippen LogP contribution in [-0.4, -0.2) is 23.0 Å². The molecule has 1 amide bonds. The minimum Gasteiger partial charge on any atom is -0.481 e. The second-order valence-corrected chi connectivity index (χ2v) is 3.44. The van der Waals surface area contributed by atoms with Crippen LogP contribution in [0.5, 0.6) is 0 Å². The second-order valence-electron chi connectivity index (χ2n) is 3.44. The molecule has 4 nitrogen and oxygen atoms in total. The molecule has 0 aromatic rings. The number of carbonyl (C=O) groups excluding carboxylic acids is 1. The third kappa shape index (κ3) is 3.92. The van der Waals surface area contributed by atoms with Crippen LogP contribution in [0, 0.1) is 0 Å². The Morgan fingerprint density at radius 1 is 1.54 bits per heavy atom. The van der Waals surface area contributed by atoms with E-state index in [0.717, 1.165) is 19.3 Å². The predicted octanol–water partition coefficient (Wildman–Crippen LogP) is 0.910. The molecule has 2 N–H and O–H groups in total. The summed E-state index contributed by atoms with van der Waals surface area (Å²) in [4.78, 5) is 21.0. The first-order chi connectivity index (χ1) is 6.18. The zero-order valence-corrected chi connectivity index (χ0v) is 7.58. The van der Waals surface area contributed by atoms with Crippen LogP contribution in [0.3, 0.4) is 0 Å². The van der Waals surface area contributed by atoms with Crippen molar-refractivity contribution in [3.63, 3.8) is 0 Å². The molecule has 0 aromatic carbocycles. The summed E-state index contributed by atoms with van der Waals surface area (Å²) in [5, 5.41) is 11.2. The molecule has 0 spiro atoms. The number of nitrogens with one attached hydrogen (secondary N) is 1. The molecule has 1 rings (SSSR count). The van der Waals surface area contributed by atoms with Gasteiger partial charge in [-0.1, -0.05) is 6.42 Å². The van der Waals surface area contributed by atoms with Crippen molar-refractivity contribution in [1.29, 1.82) is 0 Å². The summed E-state index contributed by atoms with van der Waals surface area (Å²) >= 11 is 0. The number of unbranched alkanes of at least 4 members (excludes halogenated alkanes) is 1. The molecule has 0 bridgehead atoms. The molecule has 1 unspecified atom stereocenters. The van der Waals surface area contributed by atoms with E-state index in [1.165, 1.54) is 0 Å². The normalized spacial score (nSPS) is 21.5. The lowest BCUT2D eigenvalue weighted by atomic mass is 10.1. The van der Waals surface area contributed by atoms with Crippen molar-refractivity contribution in [2.75, 3.05) is 0 Å². The summed E-state index contributed by atoms with van der Waals surface area (Å²) in [6, 6.07) is 0.293. The molecule has 1 aliphatic heterocycles. The van der Waals surface area contributed by atoms with E-state index in [1.807, 2.05) is 0 Å². The fraction of sp³-hybridized carbons (Fsp3) is 0.778. The van der Waals surface area contributed by atoms with E-state index >= 15 is 0 Å². The maximum absolute atomic E-state index is 10.8. The van der Waals surface area contributed by atoms with Gasteiger partial charge in [0.2, 0.25) is 5.91 Å². The van der Waals surface area contributed by atoms with Crippen LogP contribution >= 0.6 is 0 Å². The van der Waals surface area contributed by atoms with Gasteiger partial charge < -0.3 is 10.4 Å². The lowest BCUT2D eigenvalue weighted by molar-refractivity contribution is -0.137. The fourth-order valence-electron chi connectivity index (χ4n) is 1.56. The maximum atomic E-state index is 10.8. The minimum absolute atomic E-state index is 0.128. The lowest BCUT2D eigenvalue weighted by Crippen LogP contribution is -2.24. The Bertz CT molecular complexity index is 203. The Balaban J connectivity index is 2.00. The summed E-state index contributed by atoms with van der Waals surface area (Å²) in [6.07, 6.45) is 4.29. The van der Waals surface area contributed by atoms with Crippen molar-refractivity contribution >= 4 is 11.9 Å². The summed E-state index contributed by atoms with van der Waals surface area (Å²) in [6.45, 7) is 0. The highest BCUT2D eigenvalue weighted by atomic mass is 16.4. The molecule has 1 saturated heterocycles. The van der Waals surface area contributed by atoms with Gasteiger partial charge in [0.1, 0.15) is 0 Å². The molecule has 1 aliphatic rings. The van der Waals surface area contributed by atoms with Gasteiger partial charge in [-0.15, -0.1) is 0 Å². The zero-order chi connectivity index (χ0) is 9.68. The van der Waals surface area contributed by atoms with Gasteiger partial charge in [0.05, 0.1) is 0 Å². The molecule has 1 heterocycles. The van der Waals surface area contributed by atoms with E-state index in [4.69, 9.17) is 5.11 Å². The molecule has 0 aliphatic carbocycles. The molecule has 0 aromatic heterocycles. The van der Waals surface area contributed by atoms with Gasteiger partial charge >= 0.3 is 5.97 Å². The molecular formula is C9H15NO3. The monoisotopic (exact) mass is 185 g/mol. The van der Waals surface area contributed by atoms with Crippen molar-refractivity contribution in [3.8, 4) is 0 Å². The maximum Gasteiger partial charge on any atom is 0.303 e. The van der Waals surface area contributed by atoms with Gasteiger partial charge in [-0.25, -0.2) is 0 Å². The van der Waals surface area contributed by atoms with Crippen LogP contribution in [0.1, 0.15) is 38.5 Å². The average molecular weight is 185 g/mol. The van der Waals surface area contributed by atoms with E-state index in [2.05, 4.69) is 5.32 Å². The van der Waals surface area contributed by atoms with E-state index in [-0.39, 0.29) is 12.3 Å². The SMILES string of the molecule is O=C(O)CCCCC1CCC(=O)N1. The largest absolute Gasteiger partial charge is 0.481 e. The second kappa shape index (κ2) is 4.84. The molecule has 0 saturated carbocycles. The number of aliphatic carboxylic acids is 1. The molecule has 0 radical (unpaired) electrons. The molecule has 74 valence electrons. The average Bonchev–Trinajstić information content (AvgIpc) is 2.45. The number of rotatable bonds is 5. The van der Waals surface area contributed by atoms with Crippen LogP contribution in [0.2, 0.25) is 0 Å². The summed E-state index contributed by atoms with van der Waals surface area (Å²) in [5.41, 5.74) is 0. The Hall–Kier alpha value is -1.06. The van der Waals surface area contributed by atoms with Gasteiger partial charge in [0.25, 0.3) is 0 Å². The third-order valence-electron chi connectivity index (χ3n) is 2.28. The summed E-state index contributed by atoms with van der Waals surface area (Å²) in [5.74, 6) is -0.612. The molecule has 13 heavy (non-hydrogen) atoms. The predicted molar refractivity (Wildman–Crippen MR) is 47.3 cm³/mol. The molecule has 1 atom stereocenters. The fourth-order valence-corrected chi connectivity index (χ4v) is 1.56. The van der Waals surface area contributed by atoms with Crippen LogP contribution in [0.25, 0.3) is 0 Å². The van der Waals surface area contributed by atoms with Gasteiger partial charge in [-0.2, -0.15) is 0 Å². The van der Waals surface area contributed by atoms with Crippen molar-refractivity contribution < 1.29 is 14.7 Å². The number of hydrogen-bond acceptors (Lipinski definition) is 2. The zero-order valence-electron chi connectivity index (χ0n) is 7.58. The topological polar surface area (TPSA) is 66.4 Å². The highest BCUT2D eigenvalue weighted by Gasteiger charge is 2.19. The van der Waals surface area contributed by atoms with Crippen molar-refractivity contribution in [2.45, 2.75) is 44.6 Å². The minimum atomic E-state index is -0.740. The third-order valence-corrected chi connectivity index (χ3v) is 2.28. The van der Waals surface area contributed by atoms with Gasteiger partial charge in [0.15, 0.2) is 0 Å². The number of amides is 1. The highest BCUT2D eigenvalue weighted by molar-refractivity contribution is 5.78. The molecule has 4 heteroatoms. The highest BCUT2D eigenvalue weighted by Crippen LogP contribution is 2.13.